The molecule has 2 rings (SSSR count). The lowest BCUT2D eigenvalue weighted by molar-refractivity contribution is -0.140. The lowest BCUT2D eigenvalue weighted by atomic mass is 10.1. The molecule has 0 aliphatic heterocycles. The van der Waals surface area contributed by atoms with Gasteiger partial charge in [-0.15, -0.1) is 0 Å². The van der Waals surface area contributed by atoms with E-state index >= 15 is 0 Å². The van der Waals surface area contributed by atoms with E-state index in [1.807, 2.05) is 0 Å². The van der Waals surface area contributed by atoms with Gasteiger partial charge < -0.3 is 10.2 Å². The first-order valence-electron chi connectivity index (χ1n) is 10.9. The van der Waals surface area contributed by atoms with Crippen LogP contribution in [-0.4, -0.2) is 62.7 Å². The van der Waals surface area contributed by atoms with E-state index in [9.17, 15) is 22.4 Å². The molecular weight excluding hydrogens is 518 g/mol. The fourth-order valence-corrected chi connectivity index (χ4v) is 4.93. The van der Waals surface area contributed by atoms with Crippen molar-refractivity contribution < 1.29 is 22.4 Å². The summed E-state index contributed by atoms with van der Waals surface area (Å²) in [6.45, 7) is 3.00. The predicted molar refractivity (Wildman–Crippen MR) is 136 cm³/mol. The number of para-hydroxylation sites is 1. The molecule has 1 N–H and O–H groups in total. The number of nitrogens with zero attached hydrogens (tertiary/aromatic N) is 3. The summed E-state index contributed by atoms with van der Waals surface area (Å²) >= 11 is 12.3. The zero-order chi connectivity index (χ0) is 26.3. The van der Waals surface area contributed by atoms with Crippen LogP contribution in [0, 0.1) is 5.82 Å². The Morgan fingerprint density at radius 1 is 1.09 bits per heavy atom. The van der Waals surface area contributed by atoms with E-state index in [2.05, 4.69) is 5.32 Å². The maximum absolute atomic E-state index is 14.6. The van der Waals surface area contributed by atoms with Crippen LogP contribution in [0.3, 0.4) is 0 Å². The van der Waals surface area contributed by atoms with E-state index in [1.165, 1.54) is 43.3 Å². The van der Waals surface area contributed by atoms with Crippen molar-refractivity contribution in [3.63, 3.8) is 0 Å². The highest BCUT2D eigenvalue weighted by molar-refractivity contribution is 7.90. The minimum atomic E-state index is -4.26. The third kappa shape index (κ3) is 7.07. The Morgan fingerprint density at radius 3 is 2.29 bits per heavy atom. The molecule has 0 aliphatic rings. The molecule has 0 heterocycles. The number of hydrogen-bond donors (Lipinski definition) is 1. The van der Waals surface area contributed by atoms with E-state index < -0.39 is 40.4 Å². The highest BCUT2D eigenvalue weighted by Gasteiger charge is 2.34. The molecule has 0 fully saturated rings. The van der Waals surface area contributed by atoms with Crippen molar-refractivity contribution in [3.05, 3.63) is 63.9 Å². The van der Waals surface area contributed by atoms with E-state index in [0.29, 0.717) is 21.4 Å². The van der Waals surface area contributed by atoms with Crippen LogP contribution in [0.5, 0.6) is 0 Å². The van der Waals surface area contributed by atoms with Crippen LogP contribution in [-0.2, 0) is 26.3 Å². The fourth-order valence-electron chi connectivity index (χ4n) is 3.40. The van der Waals surface area contributed by atoms with Gasteiger partial charge in [-0.1, -0.05) is 48.3 Å². The Morgan fingerprint density at radius 2 is 1.74 bits per heavy atom. The zero-order valence-corrected chi connectivity index (χ0v) is 22.3. The number of likely N-dealkylation sites (N-methyl/N-ethyl adjacent to an activating group) is 1. The number of halogens is 3. The molecule has 0 spiro atoms. The molecule has 0 radical (unpaired) electrons. The Labute approximate surface area is 215 Å². The lowest BCUT2D eigenvalue weighted by Gasteiger charge is -2.34. The van der Waals surface area contributed by atoms with Crippen molar-refractivity contribution in [2.45, 2.75) is 32.9 Å². The van der Waals surface area contributed by atoms with Crippen LogP contribution in [0.1, 0.15) is 25.8 Å². The van der Waals surface area contributed by atoms with Crippen LogP contribution in [0.15, 0.2) is 42.5 Å². The largest absolute Gasteiger partial charge is 0.355 e. The van der Waals surface area contributed by atoms with Crippen LogP contribution in [0.2, 0.25) is 10.0 Å². The number of anilines is 1. The summed E-state index contributed by atoms with van der Waals surface area (Å²) in [4.78, 5) is 27.7. The van der Waals surface area contributed by atoms with E-state index in [-0.39, 0.29) is 23.7 Å². The maximum Gasteiger partial charge on any atom is 0.304 e. The van der Waals surface area contributed by atoms with Crippen molar-refractivity contribution in [2.75, 3.05) is 31.5 Å². The predicted octanol–water partition coefficient (Wildman–Crippen LogP) is 3.69. The number of carbonyl (C=O) groups is 2. The Hall–Kier alpha value is -2.40. The summed E-state index contributed by atoms with van der Waals surface area (Å²) in [5.41, 5.74) is 0.227. The summed E-state index contributed by atoms with van der Waals surface area (Å²) in [5, 5.41) is 3.38. The van der Waals surface area contributed by atoms with E-state index in [0.717, 1.165) is 10.4 Å². The standard InChI is InChI=1S/C23H29Cl2FN4O4S/c1-5-20(23(32)27-6-2)29(14-16-11-12-17(24)13-18(16)25)22(31)15-30(35(33,34)28(3)4)21-10-8-7-9-19(21)26/h7-13,20H,5-6,14-15H2,1-4H3,(H,27,32)/t20-/m0/s1. The first-order chi connectivity index (χ1) is 16.4. The summed E-state index contributed by atoms with van der Waals surface area (Å²) in [5.74, 6) is -1.92. The molecule has 35 heavy (non-hydrogen) atoms. The van der Waals surface area contributed by atoms with Gasteiger partial charge in [-0.25, -0.2) is 8.70 Å². The Kier molecular flexibility index (Phi) is 10.3. The molecule has 12 heteroatoms. The van der Waals surface area contributed by atoms with Crippen LogP contribution >= 0.6 is 23.2 Å². The number of hydrogen-bond acceptors (Lipinski definition) is 4. The fraction of sp³-hybridized carbons (Fsp3) is 0.391. The number of amides is 2. The molecule has 0 unspecified atom stereocenters. The van der Waals surface area contributed by atoms with E-state index in [4.69, 9.17) is 23.2 Å². The number of nitrogens with one attached hydrogen (secondary N) is 1. The summed E-state index contributed by atoms with van der Waals surface area (Å²) in [6.07, 6.45) is 0.253. The van der Waals surface area contributed by atoms with Crippen molar-refractivity contribution >= 4 is 50.9 Å². The average molecular weight is 547 g/mol. The molecule has 2 amide bonds. The molecule has 192 valence electrons. The normalized spacial score (nSPS) is 12.3. The van der Waals surface area contributed by atoms with Crippen LogP contribution in [0.4, 0.5) is 10.1 Å². The van der Waals surface area contributed by atoms with Gasteiger partial charge in [0.15, 0.2) is 0 Å². The molecule has 0 saturated carbocycles. The summed E-state index contributed by atoms with van der Waals surface area (Å²) in [7, 11) is -1.70. The number of rotatable bonds is 11. The summed E-state index contributed by atoms with van der Waals surface area (Å²) in [6, 6.07) is 9.07. The molecule has 1 atom stereocenters. The molecule has 0 bridgehead atoms. The summed E-state index contributed by atoms with van der Waals surface area (Å²) < 4.78 is 42.3. The second-order valence-electron chi connectivity index (χ2n) is 7.82. The van der Waals surface area contributed by atoms with Gasteiger partial charge in [-0.3, -0.25) is 9.59 Å². The van der Waals surface area contributed by atoms with Gasteiger partial charge in [0.1, 0.15) is 18.4 Å². The first-order valence-corrected chi connectivity index (χ1v) is 13.0. The first kappa shape index (κ1) is 28.8. The smallest absolute Gasteiger partial charge is 0.304 e. The van der Waals surface area contributed by atoms with Crippen molar-refractivity contribution in [1.82, 2.24) is 14.5 Å². The highest BCUT2D eigenvalue weighted by atomic mass is 35.5. The third-order valence-corrected chi connectivity index (χ3v) is 7.63. The molecule has 2 aromatic rings. The monoisotopic (exact) mass is 546 g/mol. The lowest BCUT2D eigenvalue weighted by Crippen LogP contribution is -2.53. The van der Waals surface area contributed by atoms with Crippen LogP contribution in [0.25, 0.3) is 0 Å². The van der Waals surface area contributed by atoms with Crippen molar-refractivity contribution in [3.8, 4) is 0 Å². The molecule has 0 aromatic heterocycles. The van der Waals surface area contributed by atoms with Crippen molar-refractivity contribution in [2.24, 2.45) is 0 Å². The number of benzene rings is 2. The maximum atomic E-state index is 14.6. The minimum absolute atomic E-state index is 0.0857. The van der Waals surface area contributed by atoms with Gasteiger partial charge in [0.05, 0.1) is 5.69 Å². The van der Waals surface area contributed by atoms with Gasteiger partial charge in [-0.2, -0.15) is 12.7 Å². The topological polar surface area (TPSA) is 90.0 Å². The Bertz CT molecular complexity index is 1160. The van der Waals surface area contributed by atoms with Gasteiger partial charge in [0, 0.05) is 37.2 Å². The molecular formula is C23H29Cl2FN4O4S. The van der Waals surface area contributed by atoms with Gasteiger partial charge in [0.25, 0.3) is 0 Å². The third-order valence-electron chi connectivity index (χ3n) is 5.23. The quantitative estimate of drug-likeness (QED) is 0.465. The van der Waals surface area contributed by atoms with Crippen molar-refractivity contribution in [1.29, 1.82) is 0 Å². The van der Waals surface area contributed by atoms with Gasteiger partial charge in [0.2, 0.25) is 11.8 Å². The average Bonchev–Trinajstić information content (AvgIpc) is 2.79. The minimum Gasteiger partial charge on any atom is -0.355 e. The second-order valence-corrected chi connectivity index (χ2v) is 10.7. The molecule has 0 aliphatic carbocycles. The van der Waals surface area contributed by atoms with E-state index in [1.54, 1.807) is 26.0 Å². The molecule has 0 saturated heterocycles. The van der Waals surface area contributed by atoms with Crippen LogP contribution < -0.4 is 9.62 Å². The van der Waals surface area contributed by atoms with Gasteiger partial charge >= 0.3 is 10.2 Å². The zero-order valence-electron chi connectivity index (χ0n) is 20.0. The SMILES string of the molecule is CCNC(=O)[C@H](CC)N(Cc1ccc(Cl)cc1Cl)C(=O)CN(c1ccccc1F)S(=O)(=O)N(C)C. The Balaban J connectivity index is 2.55. The van der Waals surface area contributed by atoms with Gasteiger partial charge in [-0.05, 0) is 43.2 Å². The molecule has 8 nitrogen and oxygen atoms in total. The molecule has 2 aromatic carbocycles. The number of carbonyl (C=O) groups excluding carboxylic acids is 2. The highest BCUT2D eigenvalue weighted by Crippen LogP contribution is 2.26. The second kappa shape index (κ2) is 12.5.